The highest BCUT2D eigenvalue weighted by atomic mass is 15.1. The number of hydrogen-bond acceptors (Lipinski definition) is 2. The average molecular weight is 193 g/mol. The Morgan fingerprint density at radius 1 is 1.43 bits per heavy atom. The molecule has 0 aliphatic heterocycles. The fourth-order valence-corrected chi connectivity index (χ4v) is 1.91. The highest BCUT2D eigenvalue weighted by Gasteiger charge is 2.30. The Morgan fingerprint density at radius 2 is 2.14 bits per heavy atom. The number of hydrogen-bond donors (Lipinski definition) is 1. The molecule has 1 aromatic rings. The molecule has 0 amide bonds. The third-order valence-corrected chi connectivity index (χ3v) is 2.84. The quantitative estimate of drug-likeness (QED) is 0.797. The Hall–Kier alpha value is -0.990. The molecule has 78 valence electrons. The van der Waals surface area contributed by atoms with Gasteiger partial charge in [0.2, 0.25) is 0 Å². The normalized spacial score (nSPS) is 16.1. The third kappa shape index (κ3) is 1.51. The van der Waals surface area contributed by atoms with Crippen molar-refractivity contribution in [2.24, 2.45) is 0 Å². The molecule has 2 rings (SSSR count). The summed E-state index contributed by atoms with van der Waals surface area (Å²) in [4.78, 5) is 4.65. The predicted octanol–water partition coefficient (Wildman–Crippen LogP) is 2.32. The molecule has 0 radical (unpaired) electrons. The van der Waals surface area contributed by atoms with E-state index in [1.54, 1.807) is 0 Å². The van der Waals surface area contributed by atoms with Gasteiger partial charge in [0.1, 0.15) is 11.6 Å². The average Bonchev–Trinajstić information content (AvgIpc) is 2.96. The molecule has 0 saturated heterocycles. The molecule has 1 fully saturated rings. The van der Waals surface area contributed by atoms with Gasteiger partial charge in [0.05, 0.1) is 5.69 Å². The van der Waals surface area contributed by atoms with Crippen molar-refractivity contribution in [1.82, 2.24) is 9.55 Å². The molecule has 0 atom stereocenters. The van der Waals surface area contributed by atoms with Crippen LogP contribution in [0.4, 0.5) is 5.82 Å². The fourth-order valence-electron chi connectivity index (χ4n) is 1.91. The molecule has 1 aliphatic rings. The summed E-state index contributed by atoms with van der Waals surface area (Å²) < 4.78 is 2.22. The van der Waals surface area contributed by atoms with Gasteiger partial charge in [-0.3, -0.25) is 0 Å². The zero-order valence-electron chi connectivity index (χ0n) is 9.08. The van der Waals surface area contributed by atoms with E-state index in [4.69, 9.17) is 5.73 Å². The second-order valence-electron chi connectivity index (χ2n) is 4.08. The second kappa shape index (κ2) is 3.64. The van der Waals surface area contributed by atoms with Crippen LogP contribution < -0.4 is 5.73 Å². The van der Waals surface area contributed by atoms with E-state index in [0.29, 0.717) is 5.92 Å². The lowest BCUT2D eigenvalue weighted by molar-refractivity contribution is 0.646. The van der Waals surface area contributed by atoms with Crippen LogP contribution in [0.25, 0.3) is 0 Å². The summed E-state index contributed by atoms with van der Waals surface area (Å²) in [7, 11) is 0. The maximum Gasteiger partial charge on any atom is 0.126 e. The predicted molar refractivity (Wildman–Crippen MR) is 58.3 cm³/mol. The number of nitrogens with zero attached hydrogens (tertiary/aromatic N) is 2. The maximum atomic E-state index is 6.07. The Labute approximate surface area is 85.3 Å². The molecule has 1 aliphatic carbocycles. The zero-order valence-corrected chi connectivity index (χ0v) is 9.08. The van der Waals surface area contributed by atoms with E-state index in [9.17, 15) is 0 Å². The van der Waals surface area contributed by atoms with E-state index in [-0.39, 0.29) is 0 Å². The van der Waals surface area contributed by atoms with Crippen molar-refractivity contribution in [1.29, 1.82) is 0 Å². The third-order valence-electron chi connectivity index (χ3n) is 2.84. The molecule has 0 aromatic carbocycles. The number of nitrogen functional groups attached to an aromatic ring is 1. The van der Waals surface area contributed by atoms with Gasteiger partial charge >= 0.3 is 0 Å². The van der Waals surface area contributed by atoms with E-state index in [1.807, 2.05) is 0 Å². The number of nitrogens with two attached hydrogens (primary N) is 1. The summed E-state index contributed by atoms with van der Waals surface area (Å²) in [6, 6.07) is 0. The van der Waals surface area contributed by atoms with Crippen molar-refractivity contribution in [2.75, 3.05) is 5.73 Å². The van der Waals surface area contributed by atoms with Gasteiger partial charge in [0.15, 0.2) is 0 Å². The molecule has 0 spiro atoms. The number of anilines is 1. The van der Waals surface area contributed by atoms with Crippen LogP contribution in [-0.4, -0.2) is 9.55 Å². The minimum atomic E-state index is 0.698. The van der Waals surface area contributed by atoms with Gasteiger partial charge in [-0.25, -0.2) is 4.98 Å². The molecule has 1 heterocycles. The lowest BCUT2D eigenvalue weighted by Crippen LogP contribution is -2.06. The summed E-state index contributed by atoms with van der Waals surface area (Å²) in [5, 5.41) is 0. The number of imidazole rings is 1. The second-order valence-corrected chi connectivity index (χ2v) is 4.08. The van der Waals surface area contributed by atoms with Crippen molar-refractivity contribution in [3.05, 3.63) is 11.5 Å². The van der Waals surface area contributed by atoms with Gasteiger partial charge in [-0.2, -0.15) is 0 Å². The molecule has 1 saturated carbocycles. The summed E-state index contributed by atoms with van der Waals surface area (Å²) in [6.07, 6.45) is 4.67. The van der Waals surface area contributed by atoms with Gasteiger partial charge in [-0.15, -0.1) is 0 Å². The standard InChI is InChI=1S/C11H19N3/c1-3-7-14-10(12)9(4-2)13-11(14)8-5-6-8/h8H,3-7,12H2,1-2H3. The Bertz CT molecular complexity index is 324. The SMILES string of the molecule is CCCn1c(C2CC2)nc(CC)c1N. The molecule has 1 aromatic heterocycles. The molecule has 0 bridgehead atoms. The Kier molecular flexibility index (Phi) is 2.48. The number of rotatable bonds is 4. The monoisotopic (exact) mass is 193 g/mol. The first kappa shape index (κ1) is 9.56. The van der Waals surface area contributed by atoms with E-state index < -0.39 is 0 Å². The van der Waals surface area contributed by atoms with Gasteiger partial charge in [0, 0.05) is 12.5 Å². The molecular weight excluding hydrogens is 174 g/mol. The van der Waals surface area contributed by atoms with Crippen molar-refractivity contribution < 1.29 is 0 Å². The first-order valence-electron chi connectivity index (χ1n) is 5.62. The van der Waals surface area contributed by atoms with Gasteiger partial charge in [0.25, 0.3) is 0 Å². The van der Waals surface area contributed by atoms with E-state index in [1.165, 1.54) is 18.7 Å². The summed E-state index contributed by atoms with van der Waals surface area (Å²) >= 11 is 0. The van der Waals surface area contributed by atoms with Crippen molar-refractivity contribution in [3.63, 3.8) is 0 Å². The highest BCUT2D eigenvalue weighted by Crippen LogP contribution is 2.40. The largest absolute Gasteiger partial charge is 0.384 e. The number of aryl methyl sites for hydroxylation is 1. The van der Waals surface area contributed by atoms with Crippen molar-refractivity contribution >= 4 is 5.82 Å². The topological polar surface area (TPSA) is 43.8 Å². The van der Waals surface area contributed by atoms with Crippen LogP contribution in [0.15, 0.2) is 0 Å². The maximum absolute atomic E-state index is 6.07. The van der Waals surface area contributed by atoms with Crippen LogP contribution in [0.2, 0.25) is 0 Å². The summed E-state index contributed by atoms with van der Waals surface area (Å²) in [5.74, 6) is 2.83. The summed E-state index contributed by atoms with van der Waals surface area (Å²) in [5.41, 5.74) is 7.15. The molecule has 14 heavy (non-hydrogen) atoms. The summed E-state index contributed by atoms with van der Waals surface area (Å²) in [6.45, 7) is 5.32. The van der Waals surface area contributed by atoms with Crippen LogP contribution in [0.1, 0.15) is 50.5 Å². The zero-order chi connectivity index (χ0) is 10.1. The highest BCUT2D eigenvalue weighted by molar-refractivity contribution is 5.39. The lowest BCUT2D eigenvalue weighted by Gasteiger charge is -2.06. The van der Waals surface area contributed by atoms with Crippen LogP contribution in [0, 0.1) is 0 Å². The lowest BCUT2D eigenvalue weighted by atomic mass is 10.3. The fraction of sp³-hybridized carbons (Fsp3) is 0.727. The van der Waals surface area contributed by atoms with E-state index >= 15 is 0 Å². The van der Waals surface area contributed by atoms with E-state index in [0.717, 1.165) is 30.9 Å². The molecule has 0 unspecified atom stereocenters. The Morgan fingerprint density at radius 3 is 2.64 bits per heavy atom. The van der Waals surface area contributed by atoms with Gasteiger partial charge in [-0.05, 0) is 25.7 Å². The molecule has 2 N–H and O–H groups in total. The molecule has 3 nitrogen and oxygen atoms in total. The minimum Gasteiger partial charge on any atom is -0.384 e. The van der Waals surface area contributed by atoms with Crippen molar-refractivity contribution in [2.45, 2.75) is 52.0 Å². The minimum absolute atomic E-state index is 0.698. The van der Waals surface area contributed by atoms with Crippen LogP contribution >= 0.6 is 0 Å². The van der Waals surface area contributed by atoms with Gasteiger partial charge < -0.3 is 10.3 Å². The smallest absolute Gasteiger partial charge is 0.126 e. The first-order chi connectivity index (χ1) is 6.77. The first-order valence-corrected chi connectivity index (χ1v) is 5.62. The number of aromatic nitrogens is 2. The molecular formula is C11H19N3. The van der Waals surface area contributed by atoms with Gasteiger partial charge in [-0.1, -0.05) is 13.8 Å². The van der Waals surface area contributed by atoms with Crippen LogP contribution in [-0.2, 0) is 13.0 Å². The molecule has 3 heteroatoms. The van der Waals surface area contributed by atoms with Crippen molar-refractivity contribution in [3.8, 4) is 0 Å². The Balaban J connectivity index is 2.35. The van der Waals surface area contributed by atoms with Crippen LogP contribution in [0.3, 0.4) is 0 Å². The van der Waals surface area contributed by atoms with Crippen LogP contribution in [0.5, 0.6) is 0 Å². The van der Waals surface area contributed by atoms with E-state index in [2.05, 4.69) is 23.4 Å².